The highest BCUT2D eigenvalue weighted by atomic mass is 32.2. The van der Waals surface area contributed by atoms with Crippen LogP contribution in [0.15, 0.2) is 30.9 Å². The van der Waals surface area contributed by atoms with Crippen LogP contribution >= 0.6 is 0 Å². The van der Waals surface area contributed by atoms with Crippen molar-refractivity contribution in [3.05, 3.63) is 30.9 Å². The van der Waals surface area contributed by atoms with E-state index in [4.69, 9.17) is 9.47 Å². The maximum Gasteiger partial charge on any atom is 0.534 e. The number of hydrogen-bond acceptors (Lipinski definition) is 6. The van der Waals surface area contributed by atoms with Gasteiger partial charge in [-0.15, -0.1) is 6.58 Å². The minimum absolute atomic E-state index is 0.108. The third kappa shape index (κ3) is 4.29. The Morgan fingerprint density at radius 1 is 1.39 bits per heavy atom. The van der Waals surface area contributed by atoms with Crippen LogP contribution in [0.5, 0.6) is 17.2 Å². The van der Waals surface area contributed by atoms with Crippen LogP contribution in [0, 0.1) is 0 Å². The Morgan fingerprint density at radius 2 is 2.13 bits per heavy atom. The van der Waals surface area contributed by atoms with E-state index in [2.05, 4.69) is 16.1 Å². The summed E-state index contributed by atoms with van der Waals surface area (Å²) in [4.78, 5) is 0. The van der Waals surface area contributed by atoms with Crippen LogP contribution in [0.2, 0.25) is 0 Å². The Kier molecular flexibility index (Phi) is 5.05. The summed E-state index contributed by atoms with van der Waals surface area (Å²) in [6, 6.07) is 3.38. The summed E-state index contributed by atoms with van der Waals surface area (Å²) in [6.07, 6.45) is 1.28. The zero-order valence-electron chi connectivity index (χ0n) is 11.8. The molecule has 0 spiro atoms. The number of hydrogen-bond donors (Lipinski definition) is 1. The van der Waals surface area contributed by atoms with Crippen molar-refractivity contribution < 1.29 is 35.2 Å². The second-order valence-corrected chi connectivity index (χ2v) is 6.13. The lowest BCUT2D eigenvalue weighted by Crippen LogP contribution is -2.38. The lowest BCUT2D eigenvalue weighted by Gasteiger charge is -2.27. The summed E-state index contributed by atoms with van der Waals surface area (Å²) in [7, 11) is -5.73. The van der Waals surface area contributed by atoms with E-state index < -0.39 is 21.4 Å². The lowest BCUT2D eigenvalue weighted by atomic mass is 10.2. The number of benzene rings is 1. The SMILES string of the molecule is C=CCNCC1COc2ccc(OS(=O)(=O)C(F)(F)F)cc2O1. The molecule has 0 saturated heterocycles. The Balaban J connectivity index is 2.10. The fourth-order valence-electron chi connectivity index (χ4n) is 1.77. The molecule has 0 fully saturated rings. The van der Waals surface area contributed by atoms with Crippen molar-refractivity contribution in [2.24, 2.45) is 0 Å². The van der Waals surface area contributed by atoms with Gasteiger partial charge in [-0.2, -0.15) is 21.6 Å². The molecular weight excluding hydrogens is 339 g/mol. The molecule has 1 atom stereocenters. The van der Waals surface area contributed by atoms with E-state index in [-0.39, 0.29) is 18.5 Å². The number of nitrogens with one attached hydrogen (secondary N) is 1. The van der Waals surface area contributed by atoms with Crippen LogP contribution in [0.3, 0.4) is 0 Å². The van der Waals surface area contributed by atoms with Crippen molar-refractivity contribution in [3.63, 3.8) is 0 Å². The molecule has 10 heteroatoms. The summed E-state index contributed by atoms with van der Waals surface area (Å²) in [5.41, 5.74) is -5.50. The van der Waals surface area contributed by atoms with Gasteiger partial charge in [0, 0.05) is 19.2 Å². The fourth-order valence-corrected chi connectivity index (χ4v) is 2.22. The van der Waals surface area contributed by atoms with Crippen molar-refractivity contribution in [1.29, 1.82) is 0 Å². The van der Waals surface area contributed by atoms with Crippen molar-refractivity contribution in [1.82, 2.24) is 5.32 Å². The minimum Gasteiger partial charge on any atom is -0.486 e. The van der Waals surface area contributed by atoms with Gasteiger partial charge in [0.25, 0.3) is 0 Å². The first-order chi connectivity index (χ1) is 10.7. The maximum atomic E-state index is 12.3. The second kappa shape index (κ2) is 6.67. The van der Waals surface area contributed by atoms with Crippen LogP contribution in [-0.2, 0) is 10.1 Å². The normalized spacial score (nSPS) is 17.6. The molecule has 2 rings (SSSR count). The average molecular weight is 353 g/mol. The number of alkyl halides is 3. The molecular formula is C13H14F3NO5S. The highest BCUT2D eigenvalue weighted by molar-refractivity contribution is 7.88. The standard InChI is InChI=1S/C13H14F3NO5S/c1-2-5-17-7-10-8-20-11-4-3-9(6-12(11)21-10)22-23(18,19)13(14,15)16/h2-4,6,10,17H,1,5,7-8H2. The first-order valence-corrected chi connectivity index (χ1v) is 7.89. The first kappa shape index (κ1) is 17.4. The van der Waals surface area contributed by atoms with Crippen LogP contribution < -0.4 is 19.0 Å². The van der Waals surface area contributed by atoms with Gasteiger partial charge in [0.1, 0.15) is 18.5 Å². The molecule has 0 aliphatic carbocycles. The molecule has 1 aliphatic heterocycles. The molecule has 1 heterocycles. The van der Waals surface area contributed by atoms with E-state index in [1.165, 1.54) is 6.07 Å². The van der Waals surface area contributed by atoms with Gasteiger partial charge in [0.2, 0.25) is 0 Å². The molecule has 23 heavy (non-hydrogen) atoms. The summed E-state index contributed by atoms with van der Waals surface area (Å²) in [6.45, 7) is 4.78. The third-order valence-corrected chi connectivity index (χ3v) is 3.76. The first-order valence-electron chi connectivity index (χ1n) is 6.49. The second-order valence-electron chi connectivity index (χ2n) is 4.59. The highest BCUT2D eigenvalue weighted by Gasteiger charge is 2.48. The number of ether oxygens (including phenoxy) is 2. The molecule has 1 aromatic rings. The number of rotatable bonds is 6. The molecule has 1 unspecified atom stereocenters. The molecule has 1 aliphatic rings. The molecule has 0 amide bonds. The summed E-state index contributed by atoms with van der Waals surface area (Å²) in [5, 5.41) is 3.01. The summed E-state index contributed by atoms with van der Waals surface area (Å²) < 4.78 is 73.9. The zero-order valence-corrected chi connectivity index (χ0v) is 12.6. The molecule has 0 aromatic heterocycles. The number of halogens is 3. The fraction of sp³-hybridized carbons (Fsp3) is 0.385. The van der Waals surface area contributed by atoms with Crippen LogP contribution in [0.4, 0.5) is 13.2 Å². The van der Waals surface area contributed by atoms with Crippen LogP contribution in [0.1, 0.15) is 0 Å². The molecule has 128 valence electrons. The van der Waals surface area contributed by atoms with Gasteiger partial charge in [0.15, 0.2) is 11.5 Å². The molecule has 6 nitrogen and oxygen atoms in total. The smallest absolute Gasteiger partial charge is 0.486 e. The van der Waals surface area contributed by atoms with E-state index in [1.807, 2.05) is 0 Å². The maximum absolute atomic E-state index is 12.3. The predicted octanol–water partition coefficient (Wildman–Crippen LogP) is 1.83. The molecule has 1 aromatic carbocycles. The van der Waals surface area contributed by atoms with Gasteiger partial charge >= 0.3 is 15.6 Å². The minimum atomic E-state index is -5.73. The van der Waals surface area contributed by atoms with Gasteiger partial charge < -0.3 is 19.0 Å². The van der Waals surface area contributed by atoms with Crippen molar-refractivity contribution in [3.8, 4) is 17.2 Å². The van der Waals surface area contributed by atoms with Gasteiger partial charge in [-0.05, 0) is 12.1 Å². The van der Waals surface area contributed by atoms with Crippen LogP contribution in [0.25, 0.3) is 0 Å². The zero-order chi connectivity index (χ0) is 17.1. The Bertz CT molecular complexity index is 675. The lowest BCUT2D eigenvalue weighted by molar-refractivity contribution is -0.0500. The van der Waals surface area contributed by atoms with Gasteiger partial charge in [-0.1, -0.05) is 6.08 Å². The topological polar surface area (TPSA) is 73.9 Å². The van der Waals surface area contributed by atoms with Crippen molar-refractivity contribution in [2.45, 2.75) is 11.6 Å². The average Bonchev–Trinajstić information content (AvgIpc) is 2.45. The van der Waals surface area contributed by atoms with E-state index in [1.54, 1.807) is 6.08 Å². The van der Waals surface area contributed by atoms with E-state index in [0.717, 1.165) is 12.1 Å². The highest BCUT2D eigenvalue weighted by Crippen LogP contribution is 2.36. The van der Waals surface area contributed by atoms with Gasteiger partial charge in [-0.25, -0.2) is 0 Å². The van der Waals surface area contributed by atoms with E-state index in [0.29, 0.717) is 18.8 Å². The van der Waals surface area contributed by atoms with Gasteiger partial charge in [0.05, 0.1) is 0 Å². The summed E-state index contributed by atoms with van der Waals surface area (Å²) in [5.74, 6) is -0.109. The molecule has 0 saturated carbocycles. The van der Waals surface area contributed by atoms with E-state index >= 15 is 0 Å². The number of fused-ring (bicyclic) bond motifs is 1. The monoisotopic (exact) mass is 353 g/mol. The van der Waals surface area contributed by atoms with Crippen LogP contribution in [-0.4, -0.2) is 39.7 Å². The van der Waals surface area contributed by atoms with Gasteiger partial charge in [-0.3, -0.25) is 0 Å². The molecule has 1 N–H and O–H groups in total. The Labute approximate surface area is 131 Å². The largest absolute Gasteiger partial charge is 0.534 e. The van der Waals surface area contributed by atoms with E-state index in [9.17, 15) is 21.6 Å². The Morgan fingerprint density at radius 3 is 2.78 bits per heavy atom. The Hall–Kier alpha value is -1.94. The quantitative estimate of drug-likeness (QED) is 0.364. The molecule has 0 radical (unpaired) electrons. The third-order valence-electron chi connectivity index (χ3n) is 2.78. The summed E-state index contributed by atoms with van der Waals surface area (Å²) >= 11 is 0. The molecule has 0 bridgehead atoms. The van der Waals surface area contributed by atoms with Crippen molar-refractivity contribution in [2.75, 3.05) is 19.7 Å². The predicted molar refractivity (Wildman–Crippen MR) is 75.0 cm³/mol. The van der Waals surface area contributed by atoms with Crippen molar-refractivity contribution >= 4 is 10.1 Å².